The molecule has 2 heteroatoms. The Morgan fingerprint density at radius 2 is 1.86 bits per heavy atom. The minimum atomic E-state index is 0.776. The van der Waals surface area contributed by atoms with Gasteiger partial charge in [0.25, 0.3) is 0 Å². The second kappa shape index (κ2) is 4.63. The molecule has 2 nitrogen and oxygen atoms in total. The van der Waals surface area contributed by atoms with Crippen LogP contribution in [0.1, 0.15) is 38.5 Å². The summed E-state index contributed by atoms with van der Waals surface area (Å²) in [6, 6.07) is 0. The lowest BCUT2D eigenvalue weighted by Crippen LogP contribution is -2.57. The van der Waals surface area contributed by atoms with E-state index < -0.39 is 0 Å². The van der Waals surface area contributed by atoms with Gasteiger partial charge in [-0.2, -0.15) is 0 Å². The Balaban J connectivity index is 1.62. The maximum atomic E-state index is 3.22. The molecule has 1 saturated carbocycles. The lowest BCUT2D eigenvalue weighted by atomic mass is 9.68. The van der Waals surface area contributed by atoms with E-state index in [0.29, 0.717) is 0 Å². The minimum absolute atomic E-state index is 0.776. The van der Waals surface area contributed by atoms with Gasteiger partial charge >= 0.3 is 0 Å². The van der Waals surface area contributed by atoms with Crippen LogP contribution >= 0.6 is 0 Å². The first-order chi connectivity index (χ1) is 6.85. The highest BCUT2D eigenvalue weighted by Crippen LogP contribution is 2.43. The van der Waals surface area contributed by atoms with Crippen LogP contribution in [0.2, 0.25) is 0 Å². The maximum absolute atomic E-state index is 3.22. The highest BCUT2D eigenvalue weighted by Gasteiger charge is 2.42. The van der Waals surface area contributed by atoms with Crippen LogP contribution in [-0.2, 0) is 0 Å². The SMILES string of the molecule is CNCCCN1CC2(CCCCC2)C1. The van der Waals surface area contributed by atoms with Crippen molar-refractivity contribution in [3.05, 3.63) is 0 Å². The van der Waals surface area contributed by atoms with E-state index in [-0.39, 0.29) is 0 Å². The summed E-state index contributed by atoms with van der Waals surface area (Å²) in [5, 5.41) is 3.22. The molecule has 0 aromatic carbocycles. The number of likely N-dealkylation sites (tertiary alicyclic amines) is 1. The van der Waals surface area contributed by atoms with Crippen molar-refractivity contribution >= 4 is 0 Å². The van der Waals surface area contributed by atoms with Crippen molar-refractivity contribution < 1.29 is 0 Å². The Morgan fingerprint density at radius 3 is 2.50 bits per heavy atom. The third-order valence-electron chi connectivity index (χ3n) is 3.93. The molecule has 1 aliphatic carbocycles. The predicted molar refractivity (Wildman–Crippen MR) is 60.5 cm³/mol. The van der Waals surface area contributed by atoms with Crippen molar-refractivity contribution in [2.75, 3.05) is 33.2 Å². The number of hydrogen-bond donors (Lipinski definition) is 1. The molecule has 14 heavy (non-hydrogen) atoms. The lowest BCUT2D eigenvalue weighted by molar-refractivity contribution is -0.0279. The zero-order valence-electron chi connectivity index (χ0n) is 9.52. The molecular weight excluding hydrogens is 172 g/mol. The Labute approximate surface area is 88.1 Å². The van der Waals surface area contributed by atoms with Crippen molar-refractivity contribution in [2.45, 2.75) is 38.5 Å². The first-order valence-electron chi connectivity index (χ1n) is 6.22. The summed E-state index contributed by atoms with van der Waals surface area (Å²) < 4.78 is 0. The van der Waals surface area contributed by atoms with Crippen molar-refractivity contribution in [3.8, 4) is 0 Å². The molecule has 0 amide bonds. The molecule has 0 aromatic rings. The Bertz CT molecular complexity index is 165. The van der Waals surface area contributed by atoms with E-state index in [1.807, 2.05) is 7.05 Å². The number of hydrogen-bond acceptors (Lipinski definition) is 2. The largest absolute Gasteiger partial charge is 0.320 e. The van der Waals surface area contributed by atoms with E-state index in [1.165, 1.54) is 64.7 Å². The molecule has 0 aromatic heterocycles. The molecule has 1 N–H and O–H groups in total. The minimum Gasteiger partial charge on any atom is -0.320 e. The van der Waals surface area contributed by atoms with E-state index >= 15 is 0 Å². The topological polar surface area (TPSA) is 15.3 Å². The average Bonchev–Trinajstić information content (AvgIpc) is 2.17. The number of nitrogens with zero attached hydrogens (tertiary/aromatic N) is 1. The van der Waals surface area contributed by atoms with Crippen LogP contribution in [0, 0.1) is 5.41 Å². The van der Waals surface area contributed by atoms with E-state index in [9.17, 15) is 0 Å². The van der Waals surface area contributed by atoms with E-state index in [2.05, 4.69) is 10.2 Å². The van der Waals surface area contributed by atoms with Gasteiger partial charge in [0.1, 0.15) is 0 Å². The summed E-state index contributed by atoms with van der Waals surface area (Å²) in [4.78, 5) is 2.64. The first-order valence-corrected chi connectivity index (χ1v) is 6.22. The van der Waals surface area contributed by atoms with Crippen LogP contribution in [0.15, 0.2) is 0 Å². The fourth-order valence-electron chi connectivity index (χ4n) is 3.16. The highest BCUT2D eigenvalue weighted by atomic mass is 15.2. The second-order valence-corrected chi connectivity index (χ2v) is 5.23. The van der Waals surface area contributed by atoms with Gasteiger partial charge in [-0.1, -0.05) is 19.3 Å². The van der Waals surface area contributed by atoms with Crippen molar-refractivity contribution in [1.82, 2.24) is 10.2 Å². The highest BCUT2D eigenvalue weighted by molar-refractivity contribution is 4.96. The molecule has 1 heterocycles. The zero-order valence-corrected chi connectivity index (χ0v) is 9.52. The van der Waals surface area contributed by atoms with Crippen LogP contribution in [0.4, 0.5) is 0 Å². The standard InChI is InChI=1S/C12H24N2/c1-13-8-5-9-14-10-12(11-14)6-3-2-4-7-12/h13H,2-11H2,1H3. The Morgan fingerprint density at radius 1 is 1.14 bits per heavy atom. The van der Waals surface area contributed by atoms with Gasteiger partial charge in [0.05, 0.1) is 0 Å². The summed E-state index contributed by atoms with van der Waals surface area (Å²) in [6.45, 7) is 5.28. The van der Waals surface area contributed by atoms with Gasteiger partial charge in [-0.3, -0.25) is 0 Å². The molecule has 0 atom stereocenters. The zero-order chi connectivity index (χ0) is 9.86. The van der Waals surface area contributed by atoms with Gasteiger partial charge in [0, 0.05) is 13.1 Å². The third-order valence-corrected chi connectivity index (χ3v) is 3.93. The van der Waals surface area contributed by atoms with Gasteiger partial charge in [-0.25, -0.2) is 0 Å². The molecule has 1 spiro atoms. The van der Waals surface area contributed by atoms with Crippen molar-refractivity contribution in [3.63, 3.8) is 0 Å². The average molecular weight is 196 g/mol. The van der Waals surface area contributed by atoms with Gasteiger partial charge in [-0.05, 0) is 44.8 Å². The van der Waals surface area contributed by atoms with Crippen molar-refractivity contribution in [1.29, 1.82) is 0 Å². The van der Waals surface area contributed by atoms with Crippen LogP contribution in [0.25, 0.3) is 0 Å². The summed E-state index contributed by atoms with van der Waals surface area (Å²) in [7, 11) is 2.04. The van der Waals surface area contributed by atoms with E-state index in [4.69, 9.17) is 0 Å². The van der Waals surface area contributed by atoms with Gasteiger partial charge in [0.2, 0.25) is 0 Å². The number of nitrogens with one attached hydrogen (secondary N) is 1. The fourth-order valence-corrected chi connectivity index (χ4v) is 3.16. The predicted octanol–water partition coefficient (Wildman–Crippen LogP) is 1.86. The van der Waals surface area contributed by atoms with Crippen LogP contribution in [-0.4, -0.2) is 38.1 Å². The molecule has 2 fully saturated rings. The van der Waals surface area contributed by atoms with Crippen molar-refractivity contribution in [2.24, 2.45) is 5.41 Å². The second-order valence-electron chi connectivity index (χ2n) is 5.23. The van der Waals surface area contributed by atoms with E-state index in [0.717, 1.165) is 5.41 Å². The van der Waals surface area contributed by atoms with Gasteiger partial charge < -0.3 is 10.2 Å². The number of rotatable bonds is 4. The fraction of sp³-hybridized carbons (Fsp3) is 1.00. The Hall–Kier alpha value is -0.0800. The quantitative estimate of drug-likeness (QED) is 0.690. The monoisotopic (exact) mass is 196 g/mol. The summed E-state index contributed by atoms with van der Waals surface area (Å²) in [5.41, 5.74) is 0.776. The van der Waals surface area contributed by atoms with Crippen LogP contribution in [0.3, 0.4) is 0 Å². The first kappa shape index (κ1) is 10.4. The van der Waals surface area contributed by atoms with Crippen LogP contribution in [0.5, 0.6) is 0 Å². The van der Waals surface area contributed by atoms with Crippen LogP contribution < -0.4 is 5.32 Å². The Kier molecular flexibility index (Phi) is 3.45. The van der Waals surface area contributed by atoms with E-state index in [1.54, 1.807) is 0 Å². The molecule has 2 rings (SSSR count). The molecule has 82 valence electrons. The lowest BCUT2D eigenvalue weighted by Gasteiger charge is -2.52. The normalized spacial score (nSPS) is 26.4. The molecular formula is C12H24N2. The summed E-state index contributed by atoms with van der Waals surface area (Å²) in [5.74, 6) is 0. The molecule has 0 radical (unpaired) electrons. The summed E-state index contributed by atoms with van der Waals surface area (Å²) in [6.07, 6.45) is 8.80. The molecule has 0 bridgehead atoms. The molecule has 1 saturated heterocycles. The third kappa shape index (κ3) is 2.29. The molecule has 1 aliphatic heterocycles. The maximum Gasteiger partial charge on any atom is 0.00505 e. The smallest absolute Gasteiger partial charge is 0.00505 e. The van der Waals surface area contributed by atoms with Gasteiger partial charge in [-0.15, -0.1) is 0 Å². The molecule has 0 unspecified atom stereocenters. The summed E-state index contributed by atoms with van der Waals surface area (Å²) >= 11 is 0. The van der Waals surface area contributed by atoms with Gasteiger partial charge in [0.15, 0.2) is 0 Å². The molecule has 2 aliphatic rings.